The minimum atomic E-state index is 0. The van der Waals surface area contributed by atoms with Gasteiger partial charge in [-0.1, -0.05) is 0 Å². The fourth-order valence-corrected chi connectivity index (χ4v) is 0. The predicted octanol–water partition coefficient (Wildman–Crippen LogP) is -0.366. The first-order chi connectivity index (χ1) is 3.00. The molecule has 0 atom stereocenters. The second-order valence-corrected chi connectivity index (χ2v) is 0. The van der Waals surface area contributed by atoms with Gasteiger partial charge in [0.2, 0.25) is 0 Å². The molecule has 60 valence electrons. The maximum absolute atomic E-state index is 7.81. The van der Waals surface area contributed by atoms with Gasteiger partial charge in [-0.2, -0.15) is 0 Å². The van der Waals surface area contributed by atoms with Crippen LogP contribution in [0.15, 0.2) is 0 Å². The molecule has 0 N–H and O–H groups in total. The second-order valence-electron chi connectivity index (χ2n) is 0. The van der Waals surface area contributed by atoms with Crippen molar-refractivity contribution in [3.63, 3.8) is 0 Å². The summed E-state index contributed by atoms with van der Waals surface area (Å²) in [5, 5.41) is 0. The molecule has 0 rings (SSSR count). The Labute approximate surface area is 78.8 Å². The van der Waals surface area contributed by atoms with E-state index in [0.29, 0.717) is 0 Å². The Morgan fingerprint density at radius 1 is 0.571 bits per heavy atom. The van der Waals surface area contributed by atoms with Gasteiger partial charge in [-0.05, 0) is 0 Å². The molecule has 0 aliphatic rings. The van der Waals surface area contributed by atoms with E-state index in [1.807, 2.05) is 0 Å². The van der Waals surface area contributed by atoms with Crippen LogP contribution in [-0.2, 0) is 79.4 Å². The van der Waals surface area contributed by atoms with E-state index in [4.69, 9.17) is 11.5 Å². The molecule has 0 aromatic carbocycles. The van der Waals surface area contributed by atoms with Gasteiger partial charge < -0.3 is 0 Å². The van der Waals surface area contributed by atoms with E-state index in [1.165, 1.54) is 0 Å². The fourth-order valence-electron chi connectivity index (χ4n) is 0. The van der Waals surface area contributed by atoms with Crippen LogP contribution in [0.5, 0.6) is 0 Å². The summed E-state index contributed by atoms with van der Waals surface area (Å²) in [5.41, 5.74) is 0. The van der Waals surface area contributed by atoms with Gasteiger partial charge in [-0.15, -0.1) is 0 Å². The molecular weight excluding hydrogens is 431 g/mol. The van der Waals surface area contributed by atoms with Crippen molar-refractivity contribution in [2.45, 2.75) is 0 Å². The number of rotatable bonds is 0. The summed E-state index contributed by atoms with van der Waals surface area (Å²) in [6.07, 6.45) is 0. The second kappa shape index (κ2) is 129. The van der Waals surface area contributed by atoms with Crippen LogP contribution in [0, 0.1) is 0 Å². The standard InChI is InChI=1S/3Cu.Ir.3O/q3*-1;+3;;;. The van der Waals surface area contributed by atoms with Gasteiger partial charge >= 0.3 is 79.4 Å². The molecule has 7 heteroatoms. The Morgan fingerprint density at radius 2 is 0.571 bits per heavy atom. The Hall–Kier alpha value is 1.61. The van der Waals surface area contributed by atoms with Crippen LogP contribution < -0.4 is 0 Å². The van der Waals surface area contributed by atoms with Gasteiger partial charge in [0.1, 0.15) is 0 Å². The molecule has 7 heavy (non-hydrogen) atoms. The van der Waals surface area contributed by atoms with Crippen molar-refractivity contribution in [3.8, 4) is 0 Å². The van der Waals surface area contributed by atoms with Crippen molar-refractivity contribution in [2.75, 3.05) is 0 Å². The van der Waals surface area contributed by atoms with Crippen LogP contribution >= 0.6 is 0 Å². The molecule has 0 spiro atoms. The van der Waals surface area contributed by atoms with Crippen LogP contribution in [-0.4, -0.2) is 0 Å². The van der Waals surface area contributed by atoms with Gasteiger partial charge in [-0.3, -0.25) is 0 Å². The molecule has 0 saturated heterocycles. The summed E-state index contributed by atoms with van der Waals surface area (Å²) < 4.78 is 23.4. The van der Waals surface area contributed by atoms with Crippen molar-refractivity contribution in [1.29, 1.82) is 0 Å². The Morgan fingerprint density at radius 3 is 0.571 bits per heavy atom. The SMILES string of the molecule is [Ir+3].[O]=[Cu-].[O]=[Cu-].[O]=[Cu-]. The molecule has 0 unspecified atom stereocenters. The van der Waals surface area contributed by atoms with Gasteiger partial charge in [0, 0.05) is 0 Å². The van der Waals surface area contributed by atoms with Crippen molar-refractivity contribution >= 4 is 0 Å². The van der Waals surface area contributed by atoms with Crippen LogP contribution in [0.1, 0.15) is 0 Å². The normalized spacial score (nSPS) is 2.57. The Bertz CT molecular complexity index is 14.9. The average Bonchev–Trinajstić information content (AvgIpc) is 1.81. The third-order valence-corrected chi connectivity index (χ3v) is 0. The summed E-state index contributed by atoms with van der Waals surface area (Å²) in [6, 6.07) is 0. The third-order valence-electron chi connectivity index (χ3n) is 0. The van der Waals surface area contributed by atoms with Crippen LogP contribution in [0.2, 0.25) is 0 Å². The number of hydrogen-bond donors (Lipinski definition) is 0. The quantitative estimate of drug-likeness (QED) is 0.493. The van der Waals surface area contributed by atoms with E-state index < -0.39 is 0 Å². The zero-order valence-corrected chi connectivity index (χ0v) is 7.68. The minimum absolute atomic E-state index is 0. The summed E-state index contributed by atoms with van der Waals surface area (Å²) in [4.78, 5) is 0. The Kier molecular flexibility index (Phi) is 431. The van der Waals surface area contributed by atoms with E-state index in [-0.39, 0.29) is 20.1 Å². The van der Waals surface area contributed by atoms with Gasteiger partial charge in [0.05, 0.1) is 0 Å². The predicted molar refractivity (Wildman–Crippen MR) is 2.06 cm³/mol. The van der Waals surface area contributed by atoms with E-state index in [2.05, 4.69) is 47.8 Å². The first-order valence-electron chi connectivity index (χ1n) is 0.369. The van der Waals surface area contributed by atoms with E-state index >= 15 is 0 Å². The molecule has 3 nitrogen and oxygen atoms in total. The van der Waals surface area contributed by atoms with Crippen molar-refractivity contribution in [2.24, 2.45) is 0 Å². The molecule has 0 bridgehead atoms. The molecule has 0 saturated carbocycles. The topological polar surface area (TPSA) is 51.2 Å². The average molecular weight is 431 g/mol. The molecular formula is Cu3IrO3. The first-order valence-corrected chi connectivity index (χ1v) is 1.52. The summed E-state index contributed by atoms with van der Waals surface area (Å²) in [7, 11) is 0. The molecule has 0 heterocycles. The van der Waals surface area contributed by atoms with Gasteiger partial charge in [0.15, 0.2) is 0 Å². The fraction of sp³-hybridized carbons (Fsp3) is 0. The van der Waals surface area contributed by atoms with Crippen molar-refractivity contribution in [1.82, 2.24) is 0 Å². The van der Waals surface area contributed by atoms with Crippen LogP contribution in [0.4, 0.5) is 0 Å². The summed E-state index contributed by atoms with van der Waals surface area (Å²) >= 11 is 8.81. The van der Waals surface area contributed by atoms with Crippen molar-refractivity contribution in [3.05, 3.63) is 0 Å². The molecule has 0 radical (unpaired) electrons. The van der Waals surface area contributed by atoms with Crippen LogP contribution in [0.25, 0.3) is 0 Å². The van der Waals surface area contributed by atoms with Gasteiger partial charge in [0.25, 0.3) is 0 Å². The molecule has 0 aliphatic heterocycles. The van der Waals surface area contributed by atoms with E-state index in [0.717, 1.165) is 0 Å². The zero-order chi connectivity index (χ0) is 6.00. The molecule has 0 fully saturated rings. The van der Waals surface area contributed by atoms with Crippen molar-refractivity contribution < 1.29 is 79.4 Å². The monoisotopic (exact) mass is 430 g/mol. The molecule has 0 aromatic heterocycles. The van der Waals surface area contributed by atoms with Crippen LogP contribution in [0.3, 0.4) is 0 Å². The van der Waals surface area contributed by atoms with E-state index in [1.54, 1.807) is 0 Å². The number of hydrogen-bond acceptors (Lipinski definition) is 3. The molecule has 0 aromatic rings. The third kappa shape index (κ3) is 92.6. The molecule has 0 amide bonds. The van der Waals surface area contributed by atoms with Gasteiger partial charge in [-0.25, -0.2) is 0 Å². The Balaban J connectivity index is -0.00000000900. The molecule has 0 aliphatic carbocycles. The zero-order valence-electron chi connectivity index (χ0n) is 2.46. The first kappa shape index (κ1) is 23.5. The summed E-state index contributed by atoms with van der Waals surface area (Å²) in [6.45, 7) is 0. The summed E-state index contributed by atoms with van der Waals surface area (Å²) in [5.74, 6) is 0. The van der Waals surface area contributed by atoms with E-state index in [9.17, 15) is 0 Å². The maximum atomic E-state index is 7.81.